The fraction of sp³-hybridized carbons (Fsp3) is 0.583. The fourth-order valence-corrected chi connectivity index (χ4v) is 4.04. The lowest BCUT2D eigenvalue weighted by atomic mass is 9.93. The monoisotopic (exact) mass is 302 g/mol. The molecule has 1 aromatic heterocycles. The van der Waals surface area contributed by atoms with Crippen molar-refractivity contribution in [2.45, 2.75) is 30.2 Å². The molecule has 1 fully saturated rings. The molecule has 20 heavy (non-hydrogen) atoms. The number of aromatic nitrogens is 1. The number of sulfonamides is 1. The van der Waals surface area contributed by atoms with E-state index in [4.69, 9.17) is 10.2 Å². The SMILES string of the molecule is Cn1cc(S(=O)(=O)N(CCO)C2CCC2)cc1C(=O)O. The number of nitrogens with zero attached hydrogens (tertiary/aromatic N) is 2. The third kappa shape index (κ3) is 2.58. The third-order valence-corrected chi connectivity index (χ3v) is 5.53. The Morgan fingerprint density at radius 2 is 2.15 bits per heavy atom. The molecule has 0 spiro atoms. The van der Waals surface area contributed by atoms with Gasteiger partial charge >= 0.3 is 5.97 Å². The van der Waals surface area contributed by atoms with Gasteiger partial charge in [-0.2, -0.15) is 4.31 Å². The van der Waals surface area contributed by atoms with Gasteiger partial charge in [0.2, 0.25) is 10.0 Å². The Balaban J connectivity index is 2.36. The summed E-state index contributed by atoms with van der Waals surface area (Å²) in [6.07, 6.45) is 3.81. The predicted molar refractivity (Wildman–Crippen MR) is 71.0 cm³/mol. The van der Waals surface area contributed by atoms with Crippen LogP contribution in [0.2, 0.25) is 0 Å². The Morgan fingerprint density at radius 3 is 2.55 bits per heavy atom. The topological polar surface area (TPSA) is 99.8 Å². The average molecular weight is 302 g/mol. The lowest BCUT2D eigenvalue weighted by Gasteiger charge is -2.35. The summed E-state index contributed by atoms with van der Waals surface area (Å²) in [5, 5.41) is 18.0. The van der Waals surface area contributed by atoms with Crippen LogP contribution in [0.15, 0.2) is 17.2 Å². The number of aliphatic hydroxyl groups excluding tert-OH is 1. The summed E-state index contributed by atoms with van der Waals surface area (Å²) >= 11 is 0. The van der Waals surface area contributed by atoms with Gasteiger partial charge in [-0.15, -0.1) is 0 Å². The Bertz CT molecular complexity index is 603. The van der Waals surface area contributed by atoms with Crippen molar-refractivity contribution in [3.05, 3.63) is 18.0 Å². The molecule has 0 atom stereocenters. The number of aryl methyl sites for hydroxylation is 1. The van der Waals surface area contributed by atoms with Crippen molar-refractivity contribution in [1.82, 2.24) is 8.87 Å². The molecule has 0 unspecified atom stereocenters. The van der Waals surface area contributed by atoms with Crippen LogP contribution in [0.25, 0.3) is 0 Å². The van der Waals surface area contributed by atoms with Gasteiger partial charge in [-0.05, 0) is 18.9 Å². The number of aromatic carboxylic acids is 1. The highest BCUT2D eigenvalue weighted by Gasteiger charge is 2.35. The van der Waals surface area contributed by atoms with E-state index >= 15 is 0 Å². The van der Waals surface area contributed by atoms with E-state index in [1.807, 2.05) is 0 Å². The number of carbonyl (C=O) groups is 1. The molecule has 0 amide bonds. The first kappa shape index (κ1) is 15.0. The maximum absolute atomic E-state index is 12.6. The molecule has 1 aliphatic rings. The minimum absolute atomic E-state index is 0.0320. The van der Waals surface area contributed by atoms with E-state index in [2.05, 4.69) is 0 Å². The highest BCUT2D eigenvalue weighted by atomic mass is 32.2. The van der Waals surface area contributed by atoms with E-state index < -0.39 is 16.0 Å². The van der Waals surface area contributed by atoms with Gasteiger partial charge in [0.15, 0.2) is 0 Å². The zero-order valence-corrected chi connectivity index (χ0v) is 12.0. The molecule has 0 radical (unpaired) electrons. The van der Waals surface area contributed by atoms with Gasteiger partial charge in [0.25, 0.3) is 0 Å². The van der Waals surface area contributed by atoms with Crippen LogP contribution in [0.3, 0.4) is 0 Å². The van der Waals surface area contributed by atoms with Crippen molar-refractivity contribution in [2.75, 3.05) is 13.2 Å². The van der Waals surface area contributed by atoms with Crippen LogP contribution in [-0.4, -0.2) is 52.7 Å². The third-order valence-electron chi connectivity index (χ3n) is 3.61. The van der Waals surface area contributed by atoms with Crippen molar-refractivity contribution in [1.29, 1.82) is 0 Å². The largest absolute Gasteiger partial charge is 0.477 e. The molecule has 1 heterocycles. The van der Waals surface area contributed by atoms with E-state index in [1.54, 1.807) is 0 Å². The van der Waals surface area contributed by atoms with Gasteiger partial charge in [0.1, 0.15) is 10.6 Å². The van der Waals surface area contributed by atoms with Crippen LogP contribution in [0.5, 0.6) is 0 Å². The fourth-order valence-electron chi connectivity index (χ4n) is 2.30. The van der Waals surface area contributed by atoms with Crippen molar-refractivity contribution in [2.24, 2.45) is 7.05 Å². The van der Waals surface area contributed by atoms with Crippen molar-refractivity contribution in [3.8, 4) is 0 Å². The number of carboxylic acid groups (broad SMARTS) is 1. The minimum atomic E-state index is -3.77. The zero-order chi connectivity index (χ0) is 14.9. The molecule has 0 aliphatic heterocycles. The van der Waals surface area contributed by atoms with Gasteiger partial charge in [-0.3, -0.25) is 0 Å². The summed E-state index contributed by atoms with van der Waals surface area (Å²) < 4.78 is 27.7. The number of aliphatic hydroxyl groups is 1. The molecule has 1 aromatic rings. The van der Waals surface area contributed by atoms with E-state index in [0.717, 1.165) is 25.3 Å². The second-order valence-electron chi connectivity index (χ2n) is 4.90. The summed E-state index contributed by atoms with van der Waals surface area (Å²) in [4.78, 5) is 10.9. The maximum Gasteiger partial charge on any atom is 0.352 e. The average Bonchev–Trinajstić information content (AvgIpc) is 2.69. The molecule has 1 saturated carbocycles. The lowest BCUT2D eigenvalue weighted by Crippen LogP contribution is -2.45. The standard InChI is InChI=1S/C12H18N2O5S/c1-13-8-10(7-11(13)12(16)17)20(18,19)14(5-6-15)9-3-2-4-9/h7-9,15H,2-6H2,1H3,(H,16,17). The number of rotatable bonds is 6. The Morgan fingerprint density at radius 1 is 1.50 bits per heavy atom. The first-order valence-electron chi connectivity index (χ1n) is 6.40. The maximum atomic E-state index is 12.6. The first-order valence-corrected chi connectivity index (χ1v) is 7.84. The molecule has 112 valence electrons. The summed E-state index contributed by atoms with van der Waals surface area (Å²) in [7, 11) is -2.28. The number of hydrogen-bond donors (Lipinski definition) is 2. The van der Waals surface area contributed by atoms with Crippen LogP contribution >= 0.6 is 0 Å². The van der Waals surface area contributed by atoms with Crippen molar-refractivity contribution < 1.29 is 23.4 Å². The molecule has 8 heteroatoms. The van der Waals surface area contributed by atoms with E-state index in [9.17, 15) is 13.2 Å². The number of carboxylic acids is 1. The molecule has 2 N–H and O–H groups in total. The first-order chi connectivity index (χ1) is 9.37. The molecule has 7 nitrogen and oxygen atoms in total. The molecule has 0 saturated heterocycles. The van der Waals surface area contributed by atoms with E-state index in [-0.39, 0.29) is 29.8 Å². The van der Waals surface area contributed by atoms with Crippen LogP contribution in [0.4, 0.5) is 0 Å². The highest BCUT2D eigenvalue weighted by molar-refractivity contribution is 7.89. The number of hydrogen-bond acceptors (Lipinski definition) is 4. The van der Waals surface area contributed by atoms with Gasteiger partial charge in [-0.1, -0.05) is 6.42 Å². The Hall–Kier alpha value is -1.38. The Labute approximate surface area is 117 Å². The van der Waals surface area contributed by atoms with Crippen LogP contribution < -0.4 is 0 Å². The molecule has 0 bridgehead atoms. The molecule has 1 aliphatic carbocycles. The lowest BCUT2D eigenvalue weighted by molar-refractivity contribution is 0.0686. The second kappa shape index (κ2) is 5.55. The molecular weight excluding hydrogens is 284 g/mol. The van der Waals surface area contributed by atoms with Gasteiger partial charge in [0, 0.05) is 25.8 Å². The highest BCUT2D eigenvalue weighted by Crippen LogP contribution is 2.30. The minimum Gasteiger partial charge on any atom is -0.477 e. The summed E-state index contributed by atoms with van der Waals surface area (Å²) in [6.45, 7) is -0.224. The smallest absolute Gasteiger partial charge is 0.352 e. The second-order valence-corrected chi connectivity index (χ2v) is 6.79. The summed E-state index contributed by atoms with van der Waals surface area (Å²) in [5.41, 5.74) is -0.0823. The van der Waals surface area contributed by atoms with Gasteiger partial charge < -0.3 is 14.8 Å². The van der Waals surface area contributed by atoms with Crippen LogP contribution in [0.1, 0.15) is 29.8 Å². The van der Waals surface area contributed by atoms with E-state index in [0.29, 0.717) is 0 Å². The van der Waals surface area contributed by atoms with E-state index in [1.165, 1.54) is 22.1 Å². The summed E-state index contributed by atoms with van der Waals surface area (Å²) in [6, 6.07) is 1.06. The normalized spacial score (nSPS) is 16.4. The van der Waals surface area contributed by atoms with Crippen molar-refractivity contribution >= 4 is 16.0 Å². The van der Waals surface area contributed by atoms with Crippen molar-refractivity contribution in [3.63, 3.8) is 0 Å². The zero-order valence-electron chi connectivity index (χ0n) is 11.2. The quantitative estimate of drug-likeness (QED) is 0.785. The molecule has 0 aromatic carbocycles. The van der Waals surface area contributed by atoms with Gasteiger partial charge in [-0.25, -0.2) is 13.2 Å². The van der Waals surface area contributed by atoms with Crippen LogP contribution in [0, 0.1) is 0 Å². The summed E-state index contributed by atoms with van der Waals surface area (Å²) in [5.74, 6) is -1.17. The van der Waals surface area contributed by atoms with Crippen LogP contribution in [-0.2, 0) is 17.1 Å². The molecule has 2 rings (SSSR count). The van der Waals surface area contributed by atoms with Gasteiger partial charge in [0.05, 0.1) is 6.61 Å². The Kier molecular flexibility index (Phi) is 4.17. The predicted octanol–water partition coefficient (Wildman–Crippen LogP) is 0.259. The molecular formula is C12H18N2O5S.